The number of thiazole rings is 1. The third-order valence-electron chi connectivity index (χ3n) is 2.22. The van der Waals surface area contributed by atoms with Gasteiger partial charge in [-0.05, 0) is 0 Å². The molecule has 0 amide bonds. The summed E-state index contributed by atoms with van der Waals surface area (Å²) in [6.07, 6.45) is 1.88. The van der Waals surface area contributed by atoms with Crippen molar-refractivity contribution in [3.8, 4) is 0 Å². The van der Waals surface area contributed by atoms with E-state index in [9.17, 15) is 0 Å². The summed E-state index contributed by atoms with van der Waals surface area (Å²) in [7, 11) is 0. The fourth-order valence-electron chi connectivity index (χ4n) is 1.26. The summed E-state index contributed by atoms with van der Waals surface area (Å²) in [6, 6.07) is 0.757. The molecule has 0 bridgehead atoms. The third-order valence-corrected chi connectivity index (χ3v) is 4.51. The number of hydrogen-bond donors (Lipinski definition) is 1. The monoisotopic (exact) mass is 214 g/mol. The largest absolute Gasteiger partial charge is 0.312 e. The molecule has 0 aliphatic carbocycles. The van der Waals surface area contributed by atoms with Gasteiger partial charge in [0.2, 0.25) is 0 Å². The molecule has 1 aliphatic heterocycles. The first-order valence-electron chi connectivity index (χ1n) is 4.57. The van der Waals surface area contributed by atoms with Gasteiger partial charge in [-0.15, -0.1) is 11.3 Å². The van der Waals surface area contributed by atoms with E-state index in [1.807, 2.05) is 23.3 Å². The van der Waals surface area contributed by atoms with Crippen molar-refractivity contribution in [2.75, 3.05) is 18.1 Å². The molecule has 4 heteroatoms. The van der Waals surface area contributed by atoms with Crippen molar-refractivity contribution in [1.82, 2.24) is 10.3 Å². The van der Waals surface area contributed by atoms with Crippen molar-refractivity contribution in [2.45, 2.75) is 18.9 Å². The number of rotatable bonds is 4. The summed E-state index contributed by atoms with van der Waals surface area (Å²) in [4.78, 5) is 4.31. The minimum absolute atomic E-state index is 0.561. The molecule has 1 aromatic rings. The van der Waals surface area contributed by atoms with Gasteiger partial charge in [0, 0.05) is 41.6 Å². The van der Waals surface area contributed by atoms with Crippen molar-refractivity contribution < 1.29 is 0 Å². The summed E-state index contributed by atoms with van der Waals surface area (Å²) < 4.78 is 0. The average molecular weight is 214 g/mol. The highest BCUT2D eigenvalue weighted by molar-refractivity contribution is 8.00. The predicted octanol–water partition coefficient (Wildman–Crippen LogP) is 1.95. The van der Waals surface area contributed by atoms with Gasteiger partial charge in [0.05, 0.1) is 5.01 Å². The Morgan fingerprint density at radius 1 is 1.69 bits per heavy atom. The van der Waals surface area contributed by atoms with E-state index in [4.69, 9.17) is 0 Å². The van der Waals surface area contributed by atoms with E-state index >= 15 is 0 Å². The van der Waals surface area contributed by atoms with Crippen LogP contribution in [0.5, 0.6) is 0 Å². The highest BCUT2D eigenvalue weighted by atomic mass is 32.2. The van der Waals surface area contributed by atoms with Crippen LogP contribution >= 0.6 is 23.1 Å². The molecule has 0 saturated carbocycles. The van der Waals surface area contributed by atoms with E-state index in [1.165, 1.54) is 16.5 Å². The van der Waals surface area contributed by atoms with Gasteiger partial charge in [0.25, 0.3) is 0 Å². The minimum atomic E-state index is 0.561. The van der Waals surface area contributed by atoms with Crippen molar-refractivity contribution in [2.24, 2.45) is 0 Å². The SMILES string of the molecule is CC(CNC1CSC1)c1nccs1. The van der Waals surface area contributed by atoms with Gasteiger partial charge in [0.1, 0.15) is 0 Å². The Morgan fingerprint density at radius 3 is 3.08 bits per heavy atom. The molecule has 2 nitrogen and oxygen atoms in total. The Hall–Kier alpha value is -0.0600. The first-order valence-corrected chi connectivity index (χ1v) is 6.60. The number of thioether (sulfide) groups is 1. The van der Waals surface area contributed by atoms with Crippen LogP contribution in [0.25, 0.3) is 0 Å². The fraction of sp³-hybridized carbons (Fsp3) is 0.667. The Kier molecular flexibility index (Phi) is 3.24. The van der Waals surface area contributed by atoms with E-state index in [0.29, 0.717) is 5.92 Å². The predicted molar refractivity (Wildman–Crippen MR) is 59.6 cm³/mol. The molecule has 1 atom stereocenters. The van der Waals surface area contributed by atoms with Crippen molar-refractivity contribution in [1.29, 1.82) is 0 Å². The topological polar surface area (TPSA) is 24.9 Å². The molecule has 2 heterocycles. The summed E-state index contributed by atoms with van der Waals surface area (Å²) in [5.74, 6) is 3.13. The fourth-order valence-corrected chi connectivity index (χ4v) is 2.67. The van der Waals surface area contributed by atoms with Crippen LogP contribution in [0.3, 0.4) is 0 Å². The second-order valence-electron chi connectivity index (χ2n) is 3.41. The molecule has 72 valence electrons. The molecule has 2 rings (SSSR count). The van der Waals surface area contributed by atoms with Crippen LogP contribution in [0.2, 0.25) is 0 Å². The normalized spacial score (nSPS) is 19.8. The number of aromatic nitrogens is 1. The molecule has 1 saturated heterocycles. The Bertz CT molecular complexity index is 244. The van der Waals surface area contributed by atoms with Gasteiger partial charge in [-0.2, -0.15) is 11.8 Å². The lowest BCUT2D eigenvalue weighted by Crippen LogP contribution is -2.41. The van der Waals surface area contributed by atoms with Gasteiger partial charge >= 0.3 is 0 Å². The van der Waals surface area contributed by atoms with Crippen LogP contribution in [0.4, 0.5) is 0 Å². The van der Waals surface area contributed by atoms with Gasteiger partial charge in [-0.1, -0.05) is 6.92 Å². The Labute approximate surface area is 87.1 Å². The first kappa shape index (κ1) is 9.49. The van der Waals surface area contributed by atoms with E-state index in [1.54, 1.807) is 11.3 Å². The van der Waals surface area contributed by atoms with Gasteiger partial charge in [-0.3, -0.25) is 0 Å². The Morgan fingerprint density at radius 2 is 2.54 bits per heavy atom. The highest BCUT2D eigenvalue weighted by Crippen LogP contribution is 2.20. The van der Waals surface area contributed by atoms with Gasteiger partial charge in [-0.25, -0.2) is 4.98 Å². The molecule has 1 aromatic heterocycles. The van der Waals surface area contributed by atoms with Crippen LogP contribution in [0.1, 0.15) is 17.8 Å². The maximum atomic E-state index is 4.31. The molecule has 1 N–H and O–H groups in total. The van der Waals surface area contributed by atoms with Crippen LogP contribution in [0.15, 0.2) is 11.6 Å². The zero-order valence-electron chi connectivity index (χ0n) is 7.69. The second-order valence-corrected chi connectivity index (χ2v) is 5.42. The zero-order chi connectivity index (χ0) is 9.10. The maximum absolute atomic E-state index is 4.31. The number of nitrogens with one attached hydrogen (secondary N) is 1. The Balaban J connectivity index is 1.74. The molecular weight excluding hydrogens is 200 g/mol. The van der Waals surface area contributed by atoms with Crippen LogP contribution in [0, 0.1) is 0 Å². The molecule has 13 heavy (non-hydrogen) atoms. The minimum Gasteiger partial charge on any atom is -0.312 e. The van der Waals surface area contributed by atoms with Crippen molar-refractivity contribution in [3.63, 3.8) is 0 Å². The van der Waals surface area contributed by atoms with Gasteiger partial charge in [0.15, 0.2) is 0 Å². The second kappa shape index (κ2) is 4.44. The average Bonchev–Trinajstić information content (AvgIpc) is 2.52. The molecule has 1 unspecified atom stereocenters. The lowest BCUT2D eigenvalue weighted by Gasteiger charge is -2.27. The molecule has 0 spiro atoms. The number of nitrogens with zero attached hydrogens (tertiary/aromatic N) is 1. The summed E-state index contributed by atoms with van der Waals surface area (Å²) in [6.45, 7) is 3.30. The molecule has 0 aromatic carbocycles. The molecule has 1 aliphatic rings. The third kappa shape index (κ3) is 2.45. The molecule has 0 radical (unpaired) electrons. The van der Waals surface area contributed by atoms with E-state index in [-0.39, 0.29) is 0 Å². The van der Waals surface area contributed by atoms with Crippen molar-refractivity contribution in [3.05, 3.63) is 16.6 Å². The van der Waals surface area contributed by atoms with E-state index in [0.717, 1.165) is 12.6 Å². The zero-order valence-corrected chi connectivity index (χ0v) is 9.33. The smallest absolute Gasteiger partial charge is 0.0965 e. The van der Waals surface area contributed by atoms with Crippen LogP contribution in [-0.4, -0.2) is 29.1 Å². The standard InChI is InChI=1S/C9H14N2S2/c1-7(9-10-2-3-13-9)4-11-8-5-12-6-8/h2-3,7-8,11H,4-6H2,1H3. The molecule has 1 fully saturated rings. The quantitative estimate of drug-likeness (QED) is 0.829. The summed E-state index contributed by atoms with van der Waals surface area (Å²) in [5, 5.41) is 6.85. The number of hydrogen-bond acceptors (Lipinski definition) is 4. The molecular formula is C9H14N2S2. The summed E-state index contributed by atoms with van der Waals surface area (Å²) >= 11 is 3.77. The van der Waals surface area contributed by atoms with E-state index < -0.39 is 0 Å². The summed E-state index contributed by atoms with van der Waals surface area (Å²) in [5.41, 5.74) is 0. The first-order chi connectivity index (χ1) is 6.36. The maximum Gasteiger partial charge on any atom is 0.0965 e. The van der Waals surface area contributed by atoms with Crippen LogP contribution < -0.4 is 5.32 Å². The van der Waals surface area contributed by atoms with Crippen molar-refractivity contribution >= 4 is 23.1 Å². The van der Waals surface area contributed by atoms with Gasteiger partial charge < -0.3 is 5.32 Å². The lowest BCUT2D eigenvalue weighted by molar-refractivity contribution is 0.543. The highest BCUT2D eigenvalue weighted by Gasteiger charge is 2.18. The van der Waals surface area contributed by atoms with Crippen LogP contribution in [-0.2, 0) is 0 Å². The lowest BCUT2D eigenvalue weighted by atomic mass is 10.2. The van der Waals surface area contributed by atoms with E-state index in [2.05, 4.69) is 17.2 Å².